The lowest BCUT2D eigenvalue weighted by atomic mass is 9.99. The molecule has 0 fully saturated rings. The highest BCUT2D eigenvalue weighted by Crippen LogP contribution is 2.45. The van der Waals surface area contributed by atoms with Gasteiger partial charge in [-0.05, 0) is 49.4 Å². The Bertz CT molecular complexity index is 1770. The summed E-state index contributed by atoms with van der Waals surface area (Å²) in [4.78, 5) is 72.5. The maximum Gasteiger partial charge on any atom is 0.472 e. The molecule has 0 saturated carbocycles. The molecule has 4 unspecified atom stereocenters. The fourth-order valence-corrected chi connectivity index (χ4v) is 12.0. The maximum atomic E-state index is 13.0. The molecule has 89 heavy (non-hydrogen) atoms. The lowest BCUT2D eigenvalue weighted by Crippen LogP contribution is -2.30. The SMILES string of the molecule is CCC(C)CCCCCCCCCCC(=O)OC[C@H](COP(=O)(O)OCC(O)COP(=O)(O)OC[C@@H](COC(=O)CCCCCCCCCC(C)C)OC(=O)CCCCCCCCCCCCCCCCC(C)C)OC(=O)CCCCCCCCCC(C)C. The van der Waals surface area contributed by atoms with Crippen molar-refractivity contribution in [1.82, 2.24) is 0 Å². The predicted octanol–water partition coefficient (Wildman–Crippen LogP) is 19.7. The van der Waals surface area contributed by atoms with Crippen molar-refractivity contribution in [3.63, 3.8) is 0 Å². The Morgan fingerprint density at radius 2 is 0.539 bits per heavy atom. The number of hydrogen-bond donors (Lipinski definition) is 3. The molecule has 0 aromatic carbocycles. The Labute approximate surface area is 543 Å². The van der Waals surface area contributed by atoms with Crippen molar-refractivity contribution in [1.29, 1.82) is 0 Å². The van der Waals surface area contributed by atoms with Gasteiger partial charge in [0.1, 0.15) is 19.3 Å². The molecule has 3 N–H and O–H groups in total. The normalized spacial score (nSPS) is 14.6. The summed E-state index contributed by atoms with van der Waals surface area (Å²) in [5.41, 5.74) is 0. The fraction of sp³-hybridized carbons (Fsp3) is 0.943. The van der Waals surface area contributed by atoms with Crippen LogP contribution < -0.4 is 0 Å². The van der Waals surface area contributed by atoms with Crippen LogP contribution in [0, 0.1) is 23.7 Å². The first-order valence-electron chi connectivity index (χ1n) is 36.2. The molecule has 19 heteroatoms. The van der Waals surface area contributed by atoms with Crippen LogP contribution in [0.2, 0.25) is 0 Å². The minimum Gasteiger partial charge on any atom is -0.462 e. The number of unbranched alkanes of at least 4 members (excludes halogenated alkanes) is 32. The number of phosphoric acid groups is 2. The minimum atomic E-state index is -4.95. The molecule has 0 aliphatic heterocycles. The first-order valence-corrected chi connectivity index (χ1v) is 39.2. The molecule has 528 valence electrons. The standard InChI is InChI=1S/C70H136O17P2/c1-9-63(8)49-41-33-25-18-19-26-34-42-50-67(72)80-56-66(87-70(75)53-45-37-29-21-24-32-40-48-62(6)7)59-85-89(78,79)83-55-64(71)54-82-88(76,77)84-58-65(57-81-68(73)51-43-35-28-20-23-31-39-47-61(4)5)86-69(74)52-44-36-27-17-15-13-11-10-12-14-16-22-30-38-46-60(2)3/h60-66,71H,9-59H2,1-8H3,(H,76,77)(H,78,79)/t63?,64?,65-,66-/m1/s1. The first kappa shape index (κ1) is 87.1. The van der Waals surface area contributed by atoms with Gasteiger partial charge in [0.2, 0.25) is 0 Å². The van der Waals surface area contributed by atoms with Crippen molar-refractivity contribution in [3.05, 3.63) is 0 Å². The highest BCUT2D eigenvalue weighted by atomic mass is 31.2. The van der Waals surface area contributed by atoms with Gasteiger partial charge < -0.3 is 33.8 Å². The summed E-state index contributed by atoms with van der Waals surface area (Å²) in [6, 6.07) is 0. The molecule has 0 aliphatic carbocycles. The molecular formula is C70H136O17P2. The van der Waals surface area contributed by atoms with Crippen LogP contribution in [0.3, 0.4) is 0 Å². The van der Waals surface area contributed by atoms with E-state index in [1.807, 2.05) is 0 Å². The van der Waals surface area contributed by atoms with Crippen molar-refractivity contribution in [2.45, 2.75) is 363 Å². The number of aliphatic hydroxyl groups is 1. The van der Waals surface area contributed by atoms with Gasteiger partial charge >= 0.3 is 39.5 Å². The van der Waals surface area contributed by atoms with Crippen LogP contribution in [-0.2, 0) is 65.4 Å². The molecule has 6 atom stereocenters. The summed E-state index contributed by atoms with van der Waals surface area (Å²) >= 11 is 0. The van der Waals surface area contributed by atoms with Gasteiger partial charge in [0.05, 0.1) is 26.4 Å². The molecule has 0 radical (unpaired) electrons. The first-order chi connectivity index (χ1) is 42.6. The van der Waals surface area contributed by atoms with Crippen LogP contribution in [-0.4, -0.2) is 96.7 Å². The van der Waals surface area contributed by atoms with E-state index in [0.717, 1.165) is 108 Å². The number of hydrogen-bond acceptors (Lipinski definition) is 15. The van der Waals surface area contributed by atoms with Crippen molar-refractivity contribution < 1.29 is 80.2 Å². The number of carbonyl (C=O) groups is 4. The fourth-order valence-electron chi connectivity index (χ4n) is 10.5. The summed E-state index contributed by atoms with van der Waals surface area (Å²) in [7, 11) is -9.90. The van der Waals surface area contributed by atoms with E-state index in [-0.39, 0.29) is 25.7 Å². The van der Waals surface area contributed by atoms with E-state index < -0.39 is 97.5 Å². The largest absolute Gasteiger partial charge is 0.472 e. The number of phosphoric ester groups is 2. The Kier molecular flexibility index (Phi) is 58.5. The number of aliphatic hydroxyl groups excluding tert-OH is 1. The topological polar surface area (TPSA) is 237 Å². The summed E-state index contributed by atoms with van der Waals surface area (Å²) in [6.07, 6.45) is 41.8. The zero-order chi connectivity index (χ0) is 66.1. The Balaban J connectivity index is 5.23. The monoisotopic (exact) mass is 1310 g/mol. The van der Waals surface area contributed by atoms with Crippen LogP contribution >= 0.6 is 15.6 Å². The van der Waals surface area contributed by atoms with E-state index in [1.54, 1.807) is 0 Å². The molecule has 0 heterocycles. The van der Waals surface area contributed by atoms with E-state index in [0.29, 0.717) is 37.5 Å². The second kappa shape index (κ2) is 59.8. The van der Waals surface area contributed by atoms with Crippen LogP contribution in [0.15, 0.2) is 0 Å². The molecular weight excluding hydrogens is 1170 g/mol. The van der Waals surface area contributed by atoms with E-state index in [4.69, 9.17) is 37.0 Å². The van der Waals surface area contributed by atoms with Gasteiger partial charge in [0.15, 0.2) is 12.2 Å². The molecule has 0 spiro atoms. The quantitative estimate of drug-likeness (QED) is 0.0222. The van der Waals surface area contributed by atoms with Crippen LogP contribution in [0.25, 0.3) is 0 Å². The summed E-state index contributed by atoms with van der Waals surface area (Å²) < 4.78 is 68.2. The van der Waals surface area contributed by atoms with Crippen molar-refractivity contribution >= 4 is 39.5 Å². The van der Waals surface area contributed by atoms with Gasteiger partial charge in [-0.2, -0.15) is 0 Å². The van der Waals surface area contributed by atoms with Gasteiger partial charge in [0.25, 0.3) is 0 Å². The van der Waals surface area contributed by atoms with Crippen LogP contribution in [0.5, 0.6) is 0 Å². The van der Waals surface area contributed by atoms with Gasteiger partial charge in [-0.1, -0.05) is 293 Å². The number of carbonyl (C=O) groups excluding carboxylic acids is 4. The van der Waals surface area contributed by atoms with Crippen molar-refractivity contribution in [2.75, 3.05) is 39.6 Å². The molecule has 0 rings (SSSR count). The molecule has 0 aromatic heterocycles. The summed E-state index contributed by atoms with van der Waals surface area (Å²) in [6.45, 7) is 14.1. The van der Waals surface area contributed by atoms with Crippen LogP contribution in [0.1, 0.15) is 344 Å². The molecule has 0 saturated heterocycles. The van der Waals surface area contributed by atoms with E-state index in [1.165, 1.54) is 141 Å². The number of ether oxygens (including phenoxy) is 4. The third-order valence-corrected chi connectivity index (χ3v) is 18.3. The maximum absolute atomic E-state index is 13.0. The second-order valence-corrected chi connectivity index (χ2v) is 29.8. The van der Waals surface area contributed by atoms with Crippen LogP contribution in [0.4, 0.5) is 0 Å². The third kappa shape index (κ3) is 63.2. The zero-order valence-electron chi connectivity index (χ0n) is 58.1. The van der Waals surface area contributed by atoms with E-state index in [9.17, 15) is 43.2 Å². The van der Waals surface area contributed by atoms with Gasteiger partial charge in [0, 0.05) is 25.7 Å². The average Bonchev–Trinajstić information content (AvgIpc) is 3.68. The Morgan fingerprint density at radius 1 is 0.315 bits per heavy atom. The molecule has 0 aliphatic rings. The summed E-state index contributed by atoms with van der Waals surface area (Å²) in [5, 5.41) is 10.6. The Hall–Kier alpha value is -1.94. The molecule has 0 aromatic rings. The Morgan fingerprint density at radius 3 is 0.798 bits per heavy atom. The van der Waals surface area contributed by atoms with Gasteiger partial charge in [-0.25, -0.2) is 9.13 Å². The predicted molar refractivity (Wildman–Crippen MR) is 358 cm³/mol. The lowest BCUT2D eigenvalue weighted by Gasteiger charge is -2.21. The molecule has 17 nitrogen and oxygen atoms in total. The minimum absolute atomic E-state index is 0.102. The van der Waals surface area contributed by atoms with E-state index >= 15 is 0 Å². The van der Waals surface area contributed by atoms with E-state index in [2.05, 4.69) is 55.4 Å². The smallest absolute Gasteiger partial charge is 0.462 e. The second-order valence-electron chi connectivity index (χ2n) is 26.9. The number of rotatable bonds is 67. The molecule has 0 bridgehead atoms. The average molecular weight is 1310 g/mol. The highest BCUT2D eigenvalue weighted by Gasteiger charge is 2.30. The van der Waals surface area contributed by atoms with Gasteiger partial charge in [-0.15, -0.1) is 0 Å². The third-order valence-electron chi connectivity index (χ3n) is 16.4. The summed E-state index contributed by atoms with van der Waals surface area (Å²) in [5.74, 6) is 0.841. The van der Waals surface area contributed by atoms with Gasteiger partial charge in [-0.3, -0.25) is 37.3 Å². The number of esters is 4. The molecule has 0 amide bonds. The van der Waals surface area contributed by atoms with Crippen molar-refractivity contribution in [3.8, 4) is 0 Å². The zero-order valence-corrected chi connectivity index (χ0v) is 59.8. The van der Waals surface area contributed by atoms with Crippen molar-refractivity contribution in [2.24, 2.45) is 23.7 Å². The highest BCUT2D eigenvalue weighted by molar-refractivity contribution is 7.47. The lowest BCUT2D eigenvalue weighted by molar-refractivity contribution is -0.161.